The van der Waals surface area contributed by atoms with Gasteiger partial charge in [0.2, 0.25) is 0 Å². The number of rotatable bonds is 4. The molecule has 0 aliphatic heterocycles. The Morgan fingerprint density at radius 1 is 0.938 bits per heavy atom. The van der Waals surface area contributed by atoms with E-state index >= 15 is 0 Å². The summed E-state index contributed by atoms with van der Waals surface area (Å²) in [6.45, 7) is 1.04. The van der Waals surface area contributed by atoms with Gasteiger partial charge in [-0.1, -0.05) is 30.3 Å². The van der Waals surface area contributed by atoms with E-state index in [2.05, 4.69) is 34.9 Å². The number of aryl methyl sites for hydroxylation is 2. The molecule has 2 heteroatoms. The van der Waals surface area contributed by atoms with Crippen LogP contribution >= 0.6 is 0 Å². The Labute approximate surface area is 96.4 Å². The van der Waals surface area contributed by atoms with Crippen molar-refractivity contribution in [2.45, 2.75) is 19.4 Å². The number of hydrogen-bond donors (Lipinski definition) is 1. The molecule has 1 aromatic heterocycles. The Bertz CT molecular complexity index is 420. The summed E-state index contributed by atoms with van der Waals surface area (Å²) < 4.78 is 2.17. The lowest BCUT2D eigenvalue weighted by Crippen LogP contribution is -2.32. The molecule has 0 amide bonds. The van der Waals surface area contributed by atoms with Gasteiger partial charge in [-0.15, -0.1) is 0 Å². The van der Waals surface area contributed by atoms with Crippen LogP contribution in [0, 0.1) is 0 Å². The molecule has 2 aromatic rings. The van der Waals surface area contributed by atoms with Crippen molar-refractivity contribution in [1.82, 2.24) is 0 Å². The zero-order valence-electron chi connectivity index (χ0n) is 9.34. The molecule has 0 radical (unpaired) electrons. The molecule has 0 atom stereocenters. The summed E-state index contributed by atoms with van der Waals surface area (Å²) in [5.74, 6) is 0. The maximum Gasteiger partial charge on any atom is 0.170 e. The molecule has 1 heterocycles. The van der Waals surface area contributed by atoms with Gasteiger partial charge in [-0.25, -0.2) is 4.57 Å². The number of nitrogens with two attached hydrogens (primary N) is 1. The molecule has 0 saturated carbocycles. The second kappa shape index (κ2) is 5.31. The number of aromatic nitrogens is 1. The lowest BCUT2D eigenvalue weighted by atomic mass is 10.1. The van der Waals surface area contributed by atoms with E-state index in [1.807, 2.05) is 24.5 Å². The third-order valence-electron chi connectivity index (χ3n) is 2.64. The third kappa shape index (κ3) is 3.09. The maximum atomic E-state index is 5.63. The predicted octanol–water partition coefficient (Wildman–Crippen LogP) is 2.19. The first kappa shape index (κ1) is 10.7. The van der Waals surface area contributed by atoms with Crippen LogP contribution < -0.4 is 10.3 Å². The standard InChI is InChI=1S/C14H16N2/c15-14-8-11-16(12-9-14)10-4-7-13-5-2-1-3-6-13/h1-3,5-6,8-9,11-12,15H,4,7,10H2/p+1. The van der Waals surface area contributed by atoms with Crippen LogP contribution in [0.3, 0.4) is 0 Å². The summed E-state index contributed by atoms with van der Waals surface area (Å²) in [6, 6.07) is 14.4. The minimum absolute atomic E-state index is 0.819. The predicted molar refractivity (Wildman–Crippen MR) is 65.8 cm³/mol. The first-order valence-corrected chi connectivity index (χ1v) is 5.63. The van der Waals surface area contributed by atoms with E-state index in [9.17, 15) is 0 Å². The molecule has 0 unspecified atom stereocenters. The second-order valence-electron chi connectivity index (χ2n) is 3.96. The monoisotopic (exact) mass is 213 g/mol. The highest BCUT2D eigenvalue weighted by molar-refractivity contribution is 5.32. The fourth-order valence-electron chi connectivity index (χ4n) is 1.73. The highest BCUT2D eigenvalue weighted by Gasteiger charge is 1.99. The van der Waals surface area contributed by atoms with Crippen LogP contribution in [0.5, 0.6) is 0 Å². The number of pyridine rings is 1. The molecule has 0 aliphatic rings. The van der Waals surface area contributed by atoms with Gasteiger partial charge in [-0.05, 0) is 12.0 Å². The summed E-state index contributed by atoms with van der Waals surface area (Å²) in [5, 5.41) is 0. The van der Waals surface area contributed by atoms with Gasteiger partial charge in [0.1, 0.15) is 6.54 Å². The van der Waals surface area contributed by atoms with E-state index in [1.54, 1.807) is 0 Å². The second-order valence-corrected chi connectivity index (χ2v) is 3.96. The maximum absolute atomic E-state index is 5.63. The molecular formula is C14H17N2+. The Morgan fingerprint density at radius 2 is 1.62 bits per heavy atom. The molecule has 0 aliphatic carbocycles. The van der Waals surface area contributed by atoms with Crippen molar-refractivity contribution in [2.75, 3.05) is 5.73 Å². The molecule has 0 saturated heterocycles. The first-order chi connectivity index (χ1) is 7.84. The summed E-state index contributed by atoms with van der Waals surface area (Å²) in [7, 11) is 0. The van der Waals surface area contributed by atoms with Gasteiger partial charge in [0.15, 0.2) is 12.4 Å². The van der Waals surface area contributed by atoms with Crippen molar-refractivity contribution in [3.05, 3.63) is 60.4 Å². The molecule has 0 bridgehead atoms. The average Bonchev–Trinajstić information content (AvgIpc) is 2.33. The quantitative estimate of drug-likeness (QED) is 0.775. The highest BCUT2D eigenvalue weighted by Crippen LogP contribution is 2.02. The molecule has 1 aromatic carbocycles. The fraction of sp³-hybridized carbons (Fsp3) is 0.214. The van der Waals surface area contributed by atoms with Crippen LogP contribution in [0.15, 0.2) is 54.9 Å². The van der Waals surface area contributed by atoms with Crippen LogP contribution in [0.1, 0.15) is 12.0 Å². The van der Waals surface area contributed by atoms with Crippen LogP contribution in [0.2, 0.25) is 0 Å². The topological polar surface area (TPSA) is 29.9 Å². The van der Waals surface area contributed by atoms with Gasteiger partial charge in [-0.3, -0.25) is 0 Å². The minimum atomic E-state index is 0.819. The van der Waals surface area contributed by atoms with Crippen LogP contribution in [0.25, 0.3) is 0 Å². The van der Waals surface area contributed by atoms with E-state index in [4.69, 9.17) is 5.73 Å². The number of hydrogen-bond acceptors (Lipinski definition) is 1. The molecule has 16 heavy (non-hydrogen) atoms. The molecular weight excluding hydrogens is 196 g/mol. The van der Waals surface area contributed by atoms with Crippen LogP contribution in [0.4, 0.5) is 5.69 Å². The Hall–Kier alpha value is -1.83. The lowest BCUT2D eigenvalue weighted by molar-refractivity contribution is -0.697. The average molecular weight is 213 g/mol. The van der Waals surface area contributed by atoms with Crippen molar-refractivity contribution < 1.29 is 4.57 Å². The Kier molecular flexibility index (Phi) is 3.54. The summed E-state index contributed by atoms with van der Waals surface area (Å²) in [4.78, 5) is 0. The van der Waals surface area contributed by atoms with E-state index in [0.29, 0.717) is 0 Å². The van der Waals surface area contributed by atoms with Crippen molar-refractivity contribution >= 4 is 5.69 Å². The number of benzene rings is 1. The normalized spacial score (nSPS) is 10.2. The van der Waals surface area contributed by atoms with Gasteiger partial charge >= 0.3 is 0 Å². The Morgan fingerprint density at radius 3 is 2.31 bits per heavy atom. The van der Waals surface area contributed by atoms with E-state index in [-0.39, 0.29) is 0 Å². The fourth-order valence-corrected chi connectivity index (χ4v) is 1.73. The van der Waals surface area contributed by atoms with Crippen molar-refractivity contribution in [3.63, 3.8) is 0 Å². The highest BCUT2D eigenvalue weighted by atomic mass is 14.9. The molecule has 0 fully saturated rings. The Balaban J connectivity index is 1.82. The third-order valence-corrected chi connectivity index (χ3v) is 2.64. The molecule has 82 valence electrons. The van der Waals surface area contributed by atoms with Crippen LogP contribution in [-0.4, -0.2) is 0 Å². The summed E-state index contributed by atoms with van der Waals surface area (Å²) in [6.07, 6.45) is 6.33. The number of anilines is 1. The van der Waals surface area contributed by atoms with Gasteiger partial charge in [0.25, 0.3) is 0 Å². The summed E-state index contributed by atoms with van der Waals surface area (Å²) >= 11 is 0. The van der Waals surface area contributed by atoms with Crippen molar-refractivity contribution in [2.24, 2.45) is 0 Å². The van der Waals surface area contributed by atoms with Crippen molar-refractivity contribution in [3.8, 4) is 0 Å². The molecule has 2 rings (SSSR count). The zero-order valence-corrected chi connectivity index (χ0v) is 9.34. The number of nitrogen functional groups attached to an aromatic ring is 1. The zero-order chi connectivity index (χ0) is 11.2. The first-order valence-electron chi connectivity index (χ1n) is 5.63. The largest absolute Gasteiger partial charge is 0.398 e. The minimum Gasteiger partial charge on any atom is -0.398 e. The SMILES string of the molecule is Nc1cc[n+](CCCc2ccccc2)cc1. The van der Waals surface area contributed by atoms with Gasteiger partial charge in [0.05, 0.1) is 0 Å². The lowest BCUT2D eigenvalue weighted by Gasteiger charge is -1.99. The summed E-state index contributed by atoms with van der Waals surface area (Å²) in [5.41, 5.74) is 7.85. The van der Waals surface area contributed by atoms with Crippen LogP contribution in [-0.2, 0) is 13.0 Å². The molecule has 2 nitrogen and oxygen atoms in total. The smallest absolute Gasteiger partial charge is 0.170 e. The molecule has 2 N–H and O–H groups in total. The van der Waals surface area contributed by atoms with Gasteiger partial charge < -0.3 is 5.73 Å². The van der Waals surface area contributed by atoms with E-state index in [1.165, 1.54) is 5.56 Å². The van der Waals surface area contributed by atoms with Gasteiger partial charge in [0, 0.05) is 24.2 Å². The molecule has 0 spiro atoms. The van der Waals surface area contributed by atoms with E-state index in [0.717, 1.165) is 25.1 Å². The van der Waals surface area contributed by atoms with E-state index < -0.39 is 0 Å². The van der Waals surface area contributed by atoms with Crippen molar-refractivity contribution in [1.29, 1.82) is 0 Å². The number of nitrogens with zero attached hydrogens (tertiary/aromatic N) is 1. The van der Waals surface area contributed by atoms with Gasteiger partial charge in [-0.2, -0.15) is 0 Å².